The third-order valence-corrected chi connectivity index (χ3v) is 8.61. The van der Waals surface area contributed by atoms with Gasteiger partial charge in [-0.05, 0) is 90.3 Å². The van der Waals surface area contributed by atoms with Crippen molar-refractivity contribution < 1.29 is 8.83 Å². The molecule has 2 aromatic heterocycles. The van der Waals surface area contributed by atoms with E-state index in [0.717, 1.165) is 44.5 Å². The summed E-state index contributed by atoms with van der Waals surface area (Å²) in [6.45, 7) is 0. The predicted octanol–water partition coefficient (Wildman–Crippen LogP) is 10.9. The molecule has 0 unspecified atom stereocenters. The molecule has 0 aliphatic heterocycles. The van der Waals surface area contributed by atoms with Crippen molar-refractivity contribution in [3.8, 4) is 44.5 Å². The second kappa shape index (κ2) is 9.79. The van der Waals surface area contributed by atoms with Crippen molar-refractivity contribution in [2.45, 2.75) is 0 Å². The Balaban J connectivity index is 1.18. The van der Waals surface area contributed by atoms with Crippen LogP contribution in [0.1, 0.15) is 0 Å². The third-order valence-electron chi connectivity index (χ3n) is 8.61. The first-order chi connectivity index (χ1) is 21.8. The van der Waals surface area contributed by atoms with E-state index in [4.69, 9.17) is 8.83 Å². The van der Waals surface area contributed by atoms with Crippen LogP contribution in [0.3, 0.4) is 0 Å². The van der Waals surface area contributed by atoms with E-state index in [9.17, 15) is 0 Å². The van der Waals surface area contributed by atoms with Crippen LogP contribution in [0, 0.1) is 0 Å². The Morgan fingerprint density at radius 1 is 0.341 bits per heavy atom. The lowest BCUT2D eigenvalue weighted by Crippen LogP contribution is -1.91. The molecule has 2 heterocycles. The van der Waals surface area contributed by atoms with Gasteiger partial charge in [0.15, 0.2) is 24.0 Å². The molecule has 9 aromatic rings. The molecule has 0 radical (unpaired) electrons. The Hall–Kier alpha value is -6.00. The fourth-order valence-electron chi connectivity index (χ4n) is 6.48. The van der Waals surface area contributed by atoms with E-state index in [1.54, 1.807) is 0 Å². The van der Waals surface area contributed by atoms with Gasteiger partial charge in [-0.2, -0.15) is 0 Å². The molecular weight excluding hydrogens is 540 g/mol. The molecular formula is C40H24N2O2. The van der Waals surface area contributed by atoms with E-state index in [2.05, 4.69) is 131 Å². The first kappa shape index (κ1) is 24.6. The molecule has 44 heavy (non-hydrogen) atoms. The number of nitrogens with zero attached hydrogens (tertiary/aromatic N) is 2. The maximum absolute atomic E-state index is 5.54. The number of hydrogen-bond donors (Lipinski definition) is 0. The summed E-state index contributed by atoms with van der Waals surface area (Å²) in [7, 11) is 0. The largest absolute Gasteiger partial charge is 0.443 e. The highest BCUT2D eigenvalue weighted by molar-refractivity contribution is 6.21. The maximum atomic E-state index is 5.54. The minimum atomic E-state index is 0.795. The van der Waals surface area contributed by atoms with Crippen molar-refractivity contribution in [1.82, 2.24) is 9.97 Å². The summed E-state index contributed by atoms with van der Waals surface area (Å²) < 4.78 is 11.0. The van der Waals surface area contributed by atoms with Crippen molar-refractivity contribution in [3.63, 3.8) is 0 Å². The fraction of sp³-hybridized carbons (Fsp3) is 0. The van der Waals surface area contributed by atoms with E-state index < -0.39 is 0 Å². The number of oxazole rings is 2. The fourth-order valence-corrected chi connectivity index (χ4v) is 6.48. The van der Waals surface area contributed by atoms with Crippen molar-refractivity contribution in [3.05, 3.63) is 146 Å². The first-order valence-corrected chi connectivity index (χ1v) is 14.6. The Bertz CT molecular complexity index is 2250. The van der Waals surface area contributed by atoms with E-state index in [1.165, 1.54) is 56.6 Å². The second-order valence-electron chi connectivity index (χ2n) is 11.1. The Labute approximate surface area is 252 Å². The molecule has 0 spiro atoms. The van der Waals surface area contributed by atoms with Crippen molar-refractivity contribution >= 4 is 43.7 Å². The van der Waals surface area contributed by atoms with Gasteiger partial charge in [0, 0.05) is 0 Å². The lowest BCUT2D eigenvalue weighted by Gasteiger charge is -2.18. The smallest absolute Gasteiger partial charge is 0.181 e. The lowest BCUT2D eigenvalue weighted by atomic mass is 9.85. The monoisotopic (exact) mass is 564 g/mol. The lowest BCUT2D eigenvalue weighted by molar-refractivity contribution is 0.602. The van der Waals surface area contributed by atoms with Crippen LogP contribution in [0.4, 0.5) is 0 Å². The molecule has 0 aliphatic carbocycles. The van der Waals surface area contributed by atoms with E-state index in [0.29, 0.717) is 0 Å². The molecule has 0 fully saturated rings. The normalized spacial score (nSPS) is 11.6. The van der Waals surface area contributed by atoms with Crippen molar-refractivity contribution in [2.75, 3.05) is 0 Å². The van der Waals surface area contributed by atoms with Gasteiger partial charge in [-0.1, -0.05) is 109 Å². The van der Waals surface area contributed by atoms with Gasteiger partial charge in [-0.3, -0.25) is 0 Å². The van der Waals surface area contributed by atoms with Gasteiger partial charge in [0.2, 0.25) is 0 Å². The summed E-state index contributed by atoms with van der Waals surface area (Å²) in [5.74, 6) is 0. The average Bonchev–Trinajstić information content (AvgIpc) is 3.76. The standard InChI is InChI=1S/C40H24N2O2/c1-3-7-33-31(5-1)39(27-13-9-25(10-14-27)29-18-20-37-36(21-29)42-24-43-37)32-6-2-4-8-34(32)40(33)28-15-11-26(12-16-28)30-17-19-35-38(22-30)44-23-41-35/h1-24H. The van der Waals surface area contributed by atoms with E-state index in [1.807, 2.05) is 12.1 Å². The van der Waals surface area contributed by atoms with Crippen LogP contribution in [-0.2, 0) is 0 Å². The summed E-state index contributed by atoms with van der Waals surface area (Å²) in [5.41, 5.74) is 12.7. The molecule has 4 nitrogen and oxygen atoms in total. The Morgan fingerprint density at radius 2 is 0.773 bits per heavy atom. The van der Waals surface area contributed by atoms with Gasteiger partial charge in [-0.15, -0.1) is 0 Å². The highest BCUT2D eigenvalue weighted by atomic mass is 16.3. The van der Waals surface area contributed by atoms with Crippen LogP contribution in [0.2, 0.25) is 0 Å². The molecule has 4 heteroatoms. The van der Waals surface area contributed by atoms with Gasteiger partial charge in [0.05, 0.1) is 0 Å². The van der Waals surface area contributed by atoms with Gasteiger partial charge in [0.25, 0.3) is 0 Å². The van der Waals surface area contributed by atoms with Crippen molar-refractivity contribution in [1.29, 1.82) is 0 Å². The highest BCUT2D eigenvalue weighted by Gasteiger charge is 2.17. The zero-order valence-electron chi connectivity index (χ0n) is 23.6. The summed E-state index contributed by atoms with van der Waals surface area (Å²) in [5, 5.41) is 4.94. The summed E-state index contributed by atoms with van der Waals surface area (Å²) in [6, 6.07) is 47.5. The van der Waals surface area contributed by atoms with Crippen LogP contribution < -0.4 is 0 Å². The number of rotatable bonds is 4. The molecule has 9 rings (SSSR count). The van der Waals surface area contributed by atoms with Crippen LogP contribution in [0.5, 0.6) is 0 Å². The number of hydrogen-bond acceptors (Lipinski definition) is 4. The van der Waals surface area contributed by atoms with Gasteiger partial charge in [0.1, 0.15) is 11.0 Å². The molecule has 7 aromatic carbocycles. The molecule has 0 bridgehead atoms. The average molecular weight is 565 g/mol. The number of fused-ring (bicyclic) bond motifs is 4. The Kier molecular flexibility index (Phi) is 5.47. The van der Waals surface area contributed by atoms with E-state index >= 15 is 0 Å². The molecule has 0 aliphatic rings. The molecule has 0 saturated heterocycles. The Morgan fingerprint density at radius 3 is 1.34 bits per heavy atom. The minimum Gasteiger partial charge on any atom is -0.443 e. The summed E-state index contributed by atoms with van der Waals surface area (Å²) in [4.78, 5) is 8.58. The first-order valence-electron chi connectivity index (χ1n) is 14.6. The second-order valence-corrected chi connectivity index (χ2v) is 11.1. The quantitative estimate of drug-likeness (QED) is 0.200. The molecule has 0 atom stereocenters. The van der Waals surface area contributed by atoms with Crippen molar-refractivity contribution in [2.24, 2.45) is 0 Å². The zero-order valence-corrected chi connectivity index (χ0v) is 23.6. The zero-order chi connectivity index (χ0) is 29.0. The predicted molar refractivity (Wildman–Crippen MR) is 178 cm³/mol. The van der Waals surface area contributed by atoms with Crippen LogP contribution in [-0.4, -0.2) is 9.97 Å². The van der Waals surface area contributed by atoms with Crippen LogP contribution in [0.25, 0.3) is 88.3 Å². The van der Waals surface area contributed by atoms with Crippen LogP contribution >= 0.6 is 0 Å². The van der Waals surface area contributed by atoms with Crippen LogP contribution in [0.15, 0.2) is 155 Å². The molecule has 206 valence electrons. The van der Waals surface area contributed by atoms with Gasteiger partial charge < -0.3 is 8.83 Å². The molecule has 0 N–H and O–H groups in total. The highest BCUT2D eigenvalue weighted by Crippen LogP contribution is 2.44. The maximum Gasteiger partial charge on any atom is 0.181 e. The molecule has 0 saturated carbocycles. The SMILES string of the molecule is c1ccc2c(-c3ccc(-c4ccc5ncoc5c4)cc3)c3ccccc3c(-c3ccc(-c4ccc5ocnc5c4)cc3)c2c1. The summed E-state index contributed by atoms with van der Waals surface area (Å²) >= 11 is 0. The summed E-state index contributed by atoms with van der Waals surface area (Å²) in [6.07, 6.45) is 2.98. The van der Waals surface area contributed by atoms with Gasteiger partial charge in [-0.25, -0.2) is 9.97 Å². The van der Waals surface area contributed by atoms with E-state index in [-0.39, 0.29) is 0 Å². The molecule has 0 amide bonds. The van der Waals surface area contributed by atoms with Gasteiger partial charge >= 0.3 is 0 Å². The minimum absolute atomic E-state index is 0.795. The number of benzene rings is 7. The number of aromatic nitrogens is 2. The third kappa shape index (κ3) is 3.92. The topological polar surface area (TPSA) is 52.1 Å².